The number of carbonyl (C=O) groups is 1. The topological polar surface area (TPSA) is 85.3 Å². The first-order chi connectivity index (χ1) is 12.7. The molecule has 0 aliphatic heterocycles. The van der Waals surface area contributed by atoms with Crippen molar-refractivity contribution in [3.63, 3.8) is 0 Å². The first kappa shape index (κ1) is 25.0. The lowest BCUT2D eigenvalue weighted by atomic mass is 9.71. The standard InChI is InChI=1S/C19H29N5OS.2ClH/c1-26-12-8-15(18-23-22-16-7-3-6-11-24(16)18)21-17(25)13-19(14-20)9-4-2-5-10-19;;/h3,6-7,11,15H,2,4-5,8-10,12-14,20H2,1H3,(H,21,25);2*1H. The maximum absolute atomic E-state index is 12.8. The Balaban J connectivity index is 0.00000196. The van der Waals surface area contributed by atoms with E-state index in [9.17, 15) is 4.79 Å². The van der Waals surface area contributed by atoms with Crippen molar-refractivity contribution in [1.29, 1.82) is 0 Å². The maximum Gasteiger partial charge on any atom is 0.221 e. The van der Waals surface area contributed by atoms with E-state index in [1.165, 1.54) is 19.3 Å². The number of pyridine rings is 1. The summed E-state index contributed by atoms with van der Waals surface area (Å²) in [6.07, 6.45) is 11.1. The van der Waals surface area contributed by atoms with E-state index in [0.717, 1.165) is 36.5 Å². The third-order valence-corrected chi connectivity index (χ3v) is 6.12. The molecule has 2 heterocycles. The Kier molecular flexibility index (Phi) is 10.6. The molecule has 1 aliphatic rings. The van der Waals surface area contributed by atoms with Crippen LogP contribution in [0.2, 0.25) is 0 Å². The number of nitrogens with one attached hydrogen (secondary N) is 1. The lowest BCUT2D eigenvalue weighted by Crippen LogP contribution is -2.40. The molecule has 28 heavy (non-hydrogen) atoms. The van der Waals surface area contributed by atoms with E-state index in [2.05, 4.69) is 21.8 Å². The summed E-state index contributed by atoms with van der Waals surface area (Å²) in [6, 6.07) is 5.69. The van der Waals surface area contributed by atoms with Gasteiger partial charge in [0.2, 0.25) is 5.91 Å². The van der Waals surface area contributed by atoms with Crippen molar-refractivity contribution in [3.8, 4) is 0 Å². The normalized spacial score (nSPS) is 16.6. The maximum atomic E-state index is 12.8. The molecule has 3 rings (SSSR count). The minimum atomic E-state index is -0.134. The average molecular weight is 448 g/mol. The number of hydrogen-bond acceptors (Lipinski definition) is 5. The van der Waals surface area contributed by atoms with Crippen LogP contribution in [-0.4, -0.2) is 39.1 Å². The van der Waals surface area contributed by atoms with Gasteiger partial charge in [0.05, 0.1) is 6.04 Å². The molecule has 0 bridgehead atoms. The highest BCUT2D eigenvalue weighted by Gasteiger charge is 2.34. The van der Waals surface area contributed by atoms with Crippen molar-refractivity contribution in [1.82, 2.24) is 19.9 Å². The summed E-state index contributed by atoms with van der Waals surface area (Å²) in [5, 5.41) is 11.8. The zero-order valence-electron chi connectivity index (χ0n) is 16.3. The number of thioether (sulfide) groups is 1. The van der Waals surface area contributed by atoms with Gasteiger partial charge in [-0.05, 0) is 55.4 Å². The van der Waals surface area contributed by atoms with Gasteiger partial charge >= 0.3 is 0 Å². The predicted octanol–water partition coefficient (Wildman–Crippen LogP) is 3.78. The Morgan fingerprint density at radius 1 is 1.29 bits per heavy atom. The van der Waals surface area contributed by atoms with E-state index < -0.39 is 0 Å². The monoisotopic (exact) mass is 447 g/mol. The number of rotatable bonds is 8. The molecule has 1 aliphatic carbocycles. The van der Waals surface area contributed by atoms with Gasteiger partial charge in [-0.2, -0.15) is 11.8 Å². The SMILES string of the molecule is CSCCC(NC(=O)CC1(CN)CCCCC1)c1nnc2ccccn12.Cl.Cl. The Bertz CT molecular complexity index is 736. The lowest BCUT2D eigenvalue weighted by molar-refractivity contribution is -0.124. The second-order valence-electron chi connectivity index (χ2n) is 7.33. The second-order valence-corrected chi connectivity index (χ2v) is 8.32. The van der Waals surface area contributed by atoms with E-state index >= 15 is 0 Å². The fraction of sp³-hybridized carbons (Fsp3) is 0.632. The van der Waals surface area contributed by atoms with Gasteiger partial charge in [-0.1, -0.05) is 25.3 Å². The highest BCUT2D eigenvalue weighted by atomic mass is 35.5. The molecule has 158 valence electrons. The van der Waals surface area contributed by atoms with Crippen LogP contribution in [0.3, 0.4) is 0 Å². The summed E-state index contributed by atoms with van der Waals surface area (Å²) in [5.41, 5.74) is 6.83. The van der Waals surface area contributed by atoms with E-state index in [0.29, 0.717) is 13.0 Å². The van der Waals surface area contributed by atoms with E-state index in [-0.39, 0.29) is 42.2 Å². The van der Waals surface area contributed by atoms with Crippen LogP contribution in [0.5, 0.6) is 0 Å². The molecule has 1 atom stereocenters. The van der Waals surface area contributed by atoms with Crippen LogP contribution < -0.4 is 11.1 Å². The molecule has 1 amide bonds. The fourth-order valence-corrected chi connectivity index (χ4v) is 4.41. The van der Waals surface area contributed by atoms with Crippen LogP contribution in [-0.2, 0) is 4.79 Å². The van der Waals surface area contributed by atoms with Gasteiger partial charge in [0.25, 0.3) is 0 Å². The number of fused-ring (bicyclic) bond motifs is 1. The van der Waals surface area contributed by atoms with Gasteiger partial charge in [0.1, 0.15) is 0 Å². The first-order valence-corrected chi connectivity index (χ1v) is 10.8. The van der Waals surface area contributed by atoms with Gasteiger partial charge in [0, 0.05) is 12.6 Å². The zero-order valence-corrected chi connectivity index (χ0v) is 18.8. The fourth-order valence-electron chi connectivity index (χ4n) is 3.94. The number of carbonyl (C=O) groups excluding carboxylic acids is 1. The minimum absolute atomic E-state index is 0. The summed E-state index contributed by atoms with van der Waals surface area (Å²) < 4.78 is 1.96. The second kappa shape index (κ2) is 11.9. The third-order valence-electron chi connectivity index (χ3n) is 5.48. The van der Waals surface area contributed by atoms with Crippen LogP contribution in [0.1, 0.15) is 56.8 Å². The first-order valence-electron chi connectivity index (χ1n) is 9.45. The lowest BCUT2D eigenvalue weighted by Gasteiger charge is -2.36. The summed E-state index contributed by atoms with van der Waals surface area (Å²) in [5.74, 6) is 1.83. The third kappa shape index (κ3) is 5.99. The molecule has 0 radical (unpaired) electrons. The van der Waals surface area contributed by atoms with Gasteiger partial charge in [-0.15, -0.1) is 35.0 Å². The van der Waals surface area contributed by atoms with Gasteiger partial charge in [-0.25, -0.2) is 0 Å². The van der Waals surface area contributed by atoms with E-state index in [4.69, 9.17) is 5.73 Å². The molecule has 2 aromatic rings. The number of halogens is 2. The van der Waals surface area contributed by atoms with Crippen LogP contribution in [0.4, 0.5) is 0 Å². The van der Waals surface area contributed by atoms with Crippen molar-refractivity contribution >= 4 is 48.1 Å². The number of amides is 1. The van der Waals surface area contributed by atoms with Crippen LogP contribution in [0, 0.1) is 5.41 Å². The van der Waals surface area contributed by atoms with Crippen molar-refractivity contribution in [2.24, 2.45) is 11.1 Å². The van der Waals surface area contributed by atoms with Crippen LogP contribution >= 0.6 is 36.6 Å². The minimum Gasteiger partial charge on any atom is -0.346 e. The molecule has 9 heteroatoms. The molecule has 0 saturated heterocycles. The van der Waals surface area contributed by atoms with Gasteiger partial charge in [0.15, 0.2) is 11.5 Å². The van der Waals surface area contributed by atoms with Crippen molar-refractivity contribution in [2.45, 2.75) is 51.0 Å². The highest BCUT2D eigenvalue weighted by Crippen LogP contribution is 2.38. The molecular formula is C19H31Cl2N5OS. The molecule has 1 fully saturated rings. The van der Waals surface area contributed by atoms with E-state index in [1.807, 2.05) is 28.8 Å². The van der Waals surface area contributed by atoms with Crippen molar-refractivity contribution < 1.29 is 4.79 Å². The van der Waals surface area contributed by atoms with Gasteiger partial charge < -0.3 is 11.1 Å². The number of nitrogens with zero attached hydrogens (tertiary/aromatic N) is 3. The molecular weight excluding hydrogens is 417 g/mol. The summed E-state index contributed by atoms with van der Waals surface area (Å²) in [7, 11) is 0. The average Bonchev–Trinajstić information content (AvgIpc) is 3.10. The molecule has 3 N–H and O–H groups in total. The number of nitrogens with two attached hydrogens (primary N) is 1. The predicted molar refractivity (Wildman–Crippen MR) is 121 cm³/mol. The molecule has 2 aromatic heterocycles. The van der Waals surface area contributed by atoms with Crippen molar-refractivity contribution in [2.75, 3.05) is 18.6 Å². The summed E-state index contributed by atoms with van der Waals surface area (Å²) in [6.45, 7) is 0.587. The van der Waals surface area contributed by atoms with Crippen LogP contribution in [0.25, 0.3) is 5.65 Å². The highest BCUT2D eigenvalue weighted by molar-refractivity contribution is 7.98. The Labute approximate surface area is 183 Å². The number of hydrogen-bond donors (Lipinski definition) is 2. The summed E-state index contributed by atoms with van der Waals surface area (Å²) >= 11 is 1.77. The molecule has 0 spiro atoms. The van der Waals surface area contributed by atoms with Crippen molar-refractivity contribution in [3.05, 3.63) is 30.2 Å². The Hall–Kier alpha value is -1.02. The van der Waals surface area contributed by atoms with Crippen LogP contribution in [0.15, 0.2) is 24.4 Å². The van der Waals surface area contributed by atoms with Gasteiger partial charge in [-0.3, -0.25) is 9.20 Å². The summed E-state index contributed by atoms with van der Waals surface area (Å²) in [4.78, 5) is 12.8. The molecule has 6 nitrogen and oxygen atoms in total. The van der Waals surface area contributed by atoms with E-state index in [1.54, 1.807) is 11.8 Å². The number of aromatic nitrogens is 3. The molecule has 1 unspecified atom stereocenters. The largest absolute Gasteiger partial charge is 0.346 e. The Morgan fingerprint density at radius 3 is 2.71 bits per heavy atom. The quantitative estimate of drug-likeness (QED) is 0.642. The smallest absolute Gasteiger partial charge is 0.221 e. The Morgan fingerprint density at radius 2 is 2.04 bits per heavy atom. The zero-order chi connectivity index (χ0) is 18.4. The molecule has 0 aromatic carbocycles. The molecule has 1 saturated carbocycles.